The first-order valence-corrected chi connectivity index (χ1v) is 12.4. The van der Waals surface area contributed by atoms with Crippen LogP contribution in [0.5, 0.6) is 0 Å². The molecule has 3 amide bonds. The zero-order valence-electron chi connectivity index (χ0n) is 24.4. The second-order valence-corrected chi connectivity index (χ2v) is 9.18. The number of carbonyl (C=O) groups is 7. The van der Waals surface area contributed by atoms with Gasteiger partial charge in [-0.05, 0) is 18.8 Å². The van der Waals surface area contributed by atoms with Crippen molar-refractivity contribution in [1.82, 2.24) is 20.9 Å². The van der Waals surface area contributed by atoms with Gasteiger partial charge in [0.05, 0.1) is 19.0 Å². The molecule has 0 aromatic carbocycles. The van der Waals surface area contributed by atoms with Gasteiger partial charge in [-0.2, -0.15) is 26.3 Å². The van der Waals surface area contributed by atoms with Gasteiger partial charge < -0.3 is 52.7 Å². The number of nitrogens with one attached hydrogen (secondary N) is 4. The Morgan fingerprint density at radius 3 is 1.63 bits per heavy atom. The normalized spacial score (nSPS) is 12.8. The fraction of sp³-hybridized carbons (Fsp3) is 0.636. The monoisotopic (exact) mass is 687 g/mol. The number of amides is 3. The van der Waals surface area contributed by atoms with E-state index < -0.39 is 91.0 Å². The summed E-state index contributed by atoms with van der Waals surface area (Å²) < 4.78 is 63.5. The number of likely N-dealkylation sites (N-methyl/N-ethyl adjacent to an activating group) is 1. The Balaban J connectivity index is -0.00000108. The molecule has 12 N–H and O–H groups in total. The Morgan fingerprint density at radius 1 is 0.870 bits per heavy atom. The molecule has 0 aliphatic rings. The minimum atomic E-state index is -5.08. The predicted octanol–water partition coefficient (Wildman–Crippen LogP) is -1.51. The highest BCUT2D eigenvalue weighted by atomic mass is 19.4. The summed E-state index contributed by atoms with van der Waals surface area (Å²) in [6.07, 6.45) is -10.2. The number of carbonyl (C=O) groups excluding carboxylic acids is 3. The van der Waals surface area contributed by atoms with Crippen molar-refractivity contribution in [2.75, 3.05) is 20.1 Å². The molecule has 24 heteroatoms. The smallest absolute Gasteiger partial charge is 0.481 e. The van der Waals surface area contributed by atoms with Crippen LogP contribution in [-0.4, -0.2) is 123 Å². The van der Waals surface area contributed by atoms with Crippen molar-refractivity contribution in [3.05, 3.63) is 0 Å². The minimum absolute atomic E-state index is 0.207. The van der Waals surface area contributed by atoms with Crippen LogP contribution in [0.4, 0.5) is 26.3 Å². The molecule has 0 fully saturated rings. The predicted molar refractivity (Wildman–Crippen MR) is 141 cm³/mol. The molecule has 46 heavy (non-hydrogen) atoms. The molecule has 0 bridgehead atoms. The largest absolute Gasteiger partial charge is 0.490 e. The Bertz CT molecular complexity index is 1060. The number of hydrogen-bond donors (Lipinski definition) is 10. The summed E-state index contributed by atoms with van der Waals surface area (Å²) in [6, 6.07) is -3.71. The van der Waals surface area contributed by atoms with E-state index >= 15 is 0 Å². The van der Waals surface area contributed by atoms with Gasteiger partial charge >= 0.3 is 36.2 Å². The summed E-state index contributed by atoms with van der Waals surface area (Å²) in [7, 11) is 1.32. The number of hydrogen-bond acceptors (Lipinski definition) is 9. The first kappa shape index (κ1) is 45.5. The molecule has 0 rings (SSSR count). The number of rotatable bonds is 14. The van der Waals surface area contributed by atoms with Gasteiger partial charge in [-0.15, -0.1) is 0 Å². The number of alkyl halides is 6. The highest BCUT2D eigenvalue weighted by molar-refractivity contribution is 5.94. The van der Waals surface area contributed by atoms with Crippen molar-refractivity contribution >= 4 is 47.6 Å². The SMILES string of the molecule is CC(C)[C@H](NC(=O)[C@H](CC(=O)O)NC(=O)CN(C)C(=O)[C@@H](N)CCCNC(=N)N)C(=O)O.O=C(O)C(F)(F)F.O=C(O)C(F)(F)F. The van der Waals surface area contributed by atoms with E-state index in [1.54, 1.807) is 13.8 Å². The number of nitrogens with zero attached hydrogens (tertiary/aromatic N) is 1. The Labute approximate surface area is 255 Å². The molecule has 0 aromatic heterocycles. The summed E-state index contributed by atoms with van der Waals surface area (Å²) in [5.41, 5.74) is 11.0. The van der Waals surface area contributed by atoms with Gasteiger partial charge in [-0.3, -0.25) is 24.6 Å². The van der Waals surface area contributed by atoms with Crippen LogP contribution in [0, 0.1) is 11.3 Å². The quantitative estimate of drug-likeness (QED) is 0.0430. The number of carboxylic acid groups (broad SMARTS) is 4. The van der Waals surface area contributed by atoms with Crippen molar-refractivity contribution in [3.63, 3.8) is 0 Å². The van der Waals surface area contributed by atoms with Crippen LogP contribution in [0.25, 0.3) is 0 Å². The maximum absolute atomic E-state index is 12.4. The number of aliphatic carboxylic acids is 4. The van der Waals surface area contributed by atoms with E-state index in [2.05, 4.69) is 16.0 Å². The van der Waals surface area contributed by atoms with E-state index in [0.29, 0.717) is 13.0 Å². The number of guanidine groups is 1. The molecular weight excluding hydrogens is 652 g/mol. The molecule has 0 spiro atoms. The Morgan fingerprint density at radius 2 is 1.30 bits per heavy atom. The van der Waals surface area contributed by atoms with Crippen molar-refractivity contribution in [3.8, 4) is 0 Å². The topological polar surface area (TPSA) is 316 Å². The molecule has 0 aromatic rings. The summed E-state index contributed by atoms with van der Waals surface area (Å²) >= 11 is 0. The number of halogens is 6. The van der Waals surface area contributed by atoms with Gasteiger partial charge in [-0.1, -0.05) is 13.8 Å². The lowest BCUT2D eigenvalue weighted by atomic mass is 10.0. The van der Waals surface area contributed by atoms with Crippen molar-refractivity contribution in [2.45, 2.75) is 63.6 Å². The molecule has 0 aliphatic carbocycles. The van der Waals surface area contributed by atoms with Gasteiger partial charge in [0.15, 0.2) is 5.96 Å². The molecule has 18 nitrogen and oxygen atoms in total. The molecule has 0 saturated heterocycles. The van der Waals surface area contributed by atoms with Crippen molar-refractivity contribution in [2.24, 2.45) is 17.4 Å². The van der Waals surface area contributed by atoms with E-state index in [4.69, 9.17) is 41.8 Å². The third-order valence-corrected chi connectivity index (χ3v) is 4.83. The highest BCUT2D eigenvalue weighted by Gasteiger charge is 2.39. The van der Waals surface area contributed by atoms with E-state index in [0.717, 1.165) is 4.90 Å². The molecular formula is C22H35F6N7O11. The maximum Gasteiger partial charge on any atom is 0.490 e. The molecule has 0 unspecified atom stereocenters. The van der Waals surface area contributed by atoms with E-state index in [1.807, 2.05) is 0 Å². The highest BCUT2D eigenvalue weighted by Crippen LogP contribution is 2.13. The molecule has 266 valence electrons. The van der Waals surface area contributed by atoms with Gasteiger partial charge in [0.1, 0.15) is 12.1 Å². The summed E-state index contributed by atoms with van der Waals surface area (Å²) in [5, 5.41) is 46.5. The second kappa shape index (κ2) is 20.9. The van der Waals surface area contributed by atoms with Crippen molar-refractivity contribution in [1.29, 1.82) is 5.41 Å². The average molecular weight is 688 g/mol. The molecule has 3 atom stereocenters. The second-order valence-electron chi connectivity index (χ2n) is 9.18. The first-order valence-electron chi connectivity index (χ1n) is 12.4. The summed E-state index contributed by atoms with van der Waals surface area (Å²) in [6.45, 7) is 2.97. The number of carboxylic acids is 4. The zero-order valence-corrected chi connectivity index (χ0v) is 24.4. The fourth-order valence-corrected chi connectivity index (χ4v) is 2.64. The van der Waals surface area contributed by atoms with E-state index in [1.165, 1.54) is 7.05 Å². The molecule has 0 aliphatic heterocycles. The Hall–Kier alpha value is -4.90. The van der Waals surface area contributed by atoms with Crippen LogP contribution >= 0.6 is 0 Å². The lowest BCUT2D eigenvalue weighted by molar-refractivity contribution is -0.193. The zero-order chi connectivity index (χ0) is 37.2. The molecule has 0 radical (unpaired) electrons. The van der Waals surface area contributed by atoms with E-state index in [9.17, 15) is 55.4 Å². The van der Waals surface area contributed by atoms with Crippen LogP contribution < -0.4 is 27.4 Å². The first-order chi connectivity index (χ1) is 20.6. The van der Waals surface area contributed by atoms with Gasteiger partial charge in [0.2, 0.25) is 17.7 Å². The Kier molecular flexibility index (Phi) is 20.7. The van der Waals surface area contributed by atoms with Crippen LogP contribution in [0.3, 0.4) is 0 Å². The maximum atomic E-state index is 12.4. The van der Waals surface area contributed by atoms with E-state index in [-0.39, 0.29) is 12.4 Å². The van der Waals surface area contributed by atoms with Crippen LogP contribution in [0.2, 0.25) is 0 Å². The van der Waals surface area contributed by atoms with Gasteiger partial charge in [0, 0.05) is 13.6 Å². The number of nitrogens with two attached hydrogens (primary N) is 2. The standard InChI is InChI=1S/C18H33N7O7.2C2HF3O2/c1-9(2)14(17(31)32)24-15(29)11(7-13(27)28)23-12(26)8-25(3)16(30)10(19)5-4-6-22-18(20)21;2*3-2(4,5)1(6)7/h9-11,14H,4-8,19H2,1-3H3,(H,23,26)(H,24,29)(H,27,28)(H,31,32)(H4,20,21,22);2*(H,6,7)/t10-,11-,14-;;/m0../s1. The van der Waals surface area contributed by atoms with Crippen LogP contribution in [0.15, 0.2) is 0 Å². The van der Waals surface area contributed by atoms with Crippen LogP contribution in [-0.2, 0) is 33.6 Å². The van der Waals surface area contributed by atoms with Gasteiger partial charge in [0.25, 0.3) is 0 Å². The summed E-state index contributed by atoms with van der Waals surface area (Å²) in [4.78, 5) is 78.1. The van der Waals surface area contributed by atoms with Crippen LogP contribution in [0.1, 0.15) is 33.1 Å². The summed E-state index contributed by atoms with van der Waals surface area (Å²) in [5.74, 6) is -11.2. The van der Waals surface area contributed by atoms with Crippen molar-refractivity contribution < 1.29 is 80.3 Å². The third kappa shape index (κ3) is 22.6. The average Bonchev–Trinajstić information content (AvgIpc) is 2.87. The van der Waals surface area contributed by atoms with Gasteiger partial charge in [-0.25, -0.2) is 14.4 Å². The lowest BCUT2D eigenvalue weighted by Gasteiger charge is -2.24. The molecule has 0 heterocycles. The molecule has 0 saturated carbocycles. The third-order valence-electron chi connectivity index (χ3n) is 4.83. The minimum Gasteiger partial charge on any atom is -0.481 e. The fourth-order valence-electron chi connectivity index (χ4n) is 2.64. The lowest BCUT2D eigenvalue weighted by Crippen LogP contribution is -2.55.